The van der Waals surface area contributed by atoms with E-state index in [1.165, 1.54) is 6.07 Å². The van der Waals surface area contributed by atoms with Crippen LogP contribution in [0.25, 0.3) is 0 Å². The van der Waals surface area contributed by atoms with Gasteiger partial charge >= 0.3 is 5.97 Å². The van der Waals surface area contributed by atoms with Crippen molar-refractivity contribution >= 4 is 5.97 Å². The molecule has 0 radical (unpaired) electrons. The van der Waals surface area contributed by atoms with Crippen LogP contribution in [0.5, 0.6) is 0 Å². The maximum Gasteiger partial charge on any atom is 0.371 e. The highest BCUT2D eigenvalue weighted by Gasteiger charge is 2.12. The molecular formula is C9H13NO4. The molecule has 0 fully saturated rings. The van der Waals surface area contributed by atoms with Gasteiger partial charge in [0.2, 0.25) is 5.76 Å². The smallest absolute Gasteiger partial charge is 0.371 e. The van der Waals surface area contributed by atoms with E-state index in [9.17, 15) is 4.79 Å². The normalized spacial score (nSPS) is 10.4. The highest BCUT2D eigenvalue weighted by molar-refractivity contribution is 5.84. The number of carboxylic acids is 1. The summed E-state index contributed by atoms with van der Waals surface area (Å²) in [5, 5.41) is 8.65. The second kappa shape index (κ2) is 4.78. The number of aryl methyl sites for hydroxylation is 1. The molecule has 2 N–H and O–H groups in total. The molecule has 1 rings (SSSR count). The van der Waals surface area contributed by atoms with E-state index in [4.69, 9.17) is 14.4 Å². The molecular weight excluding hydrogens is 186 g/mol. The lowest BCUT2D eigenvalue weighted by atomic mass is 10.2. The minimum Gasteiger partial charge on any atom is -0.475 e. The van der Waals surface area contributed by atoms with Gasteiger partial charge in [-0.25, -0.2) is 4.79 Å². The summed E-state index contributed by atoms with van der Waals surface area (Å²) in [6.07, 6.45) is 0. The first-order valence-electron chi connectivity index (χ1n) is 4.32. The van der Waals surface area contributed by atoms with Crippen LogP contribution in [0, 0.1) is 6.92 Å². The summed E-state index contributed by atoms with van der Waals surface area (Å²) in [4.78, 5) is 15.5. The van der Waals surface area contributed by atoms with Crippen LogP contribution in [-0.4, -0.2) is 17.7 Å². The lowest BCUT2D eigenvalue weighted by Crippen LogP contribution is -2.13. The number of hydrogen-bond donors (Lipinski definition) is 2. The molecule has 5 heteroatoms. The summed E-state index contributed by atoms with van der Waals surface area (Å²) < 4.78 is 5.01. The minimum atomic E-state index is -1.06. The number of carboxylic acid groups (broad SMARTS) is 1. The summed E-state index contributed by atoms with van der Waals surface area (Å²) in [7, 11) is 0. The van der Waals surface area contributed by atoms with Gasteiger partial charge < -0.3 is 14.4 Å². The molecule has 0 aliphatic rings. The van der Waals surface area contributed by atoms with Crippen LogP contribution in [0.15, 0.2) is 10.5 Å². The third kappa shape index (κ3) is 2.58. The van der Waals surface area contributed by atoms with E-state index in [-0.39, 0.29) is 5.76 Å². The summed E-state index contributed by atoms with van der Waals surface area (Å²) in [6, 6.07) is 1.49. The number of hydrogen-bond acceptors (Lipinski definition) is 4. The van der Waals surface area contributed by atoms with Crippen molar-refractivity contribution in [2.24, 2.45) is 0 Å². The van der Waals surface area contributed by atoms with Crippen LogP contribution in [0.4, 0.5) is 0 Å². The Labute approximate surface area is 81.6 Å². The van der Waals surface area contributed by atoms with Crippen molar-refractivity contribution in [1.29, 1.82) is 0 Å². The predicted octanol–water partition coefficient (Wildman–Crippen LogP) is 1.33. The molecule has 14 heavy (non-hydrogen) atoms. The second-order valence-electron chi connectivity index (χ2n) is 2.75. The van der Waals surface area contributed by atoms with Crippen molar-refractivity contribution in [3.63, 3.8) is 0 Å². The molecule has 0 bridgehead atoms. The van der Waals surface area contributed by atoms with Gasteiger partial charge in [-0.15, -0.1) is 0 Å². The Hall–Kier alpha value is -1.33. The minimum absolute atomic E-state index is 0.0456. The van der Waals surface area contributed by atoms with E-state index in [1.54, 1.807) is 6.92 Å². The van der Waals surface area contributed by atoms with Gasteiger partial charge in [0.05, 0.1) is 6.61 Å². The number of nitrogens with one attached hydrogen (secondary N) is 1. The molecule has 78 valence electrons. The molecule has 1 aromatic rings. The molecule has 1 heterocycles. The third-order valence-corrected chi connectivity index (χ3v) is 1.74. The number of aromatic carboxylic acids is 1. The fourth-order valence-corrected chi connectivity index (χ4v) is 1.03. The van der Waals surface area contributed by atoms with Crippen molar-refractivity contribution < 1.29 is 19.2 Å². The van der Waals surface area contributed by atoms with Crippen molar-refractivity contribution in [3.8, 4) is 0 Å². The molecule has 0 atom stereocenters. The van der Waals surface area contributed by atoms with Gasteiger partial charge in [0, 0.05) is 12.1 Å². The highest BCUT2D eigenvalue weighted by Crippen LogP contribution is 2.14. The van der Waals surface area contributed by atoms with Crippen molar-refractivity contribution in [3.05, 3.63) is 23.2 Å². The lowest BCUT2D eigenvalue weighted by Gasteiger charge is -2.00. The van der Waals surface area contributed by atoms with Crippen LogP contribution in [0.2, 0.25) is 0 Å². The number of carbonyl (C=O) groups is 1. The van der Waals surface area contributed by atoms with E-state index in [1.807, 2.05) is 6.92 Å². The van der Waals surface area contributed by atoms with Crippen LogP contribution in [0.1, 0.15) is 28.8 Å². The molecule has 1 aromatic heterocycles. The quantitative estimate of drug-likeness (QED) is 0.553. The van der Waals surface area contributed by atoms with Gasteiger partial charge in [-0.3, -0.25) is 0 Å². The highest BCUT2D eigenvalue weighted by atomic mass is 16.6. The number of furan rings is 1. The first-order valence-corrected chi connectivity index (χ1v) is 4.32. The second-order valence-corrected chi connectivity index (χ2v) is 2.75. The Morgan fingerprint density at radius 2 is 2.43 bits per heavy atom. The summed E-state index contributed by atoms with van der Waals surface area (Å²) in [5.74, 6) is -0.513. The molecule has 0 spiro atoms. The molecule has 0 aliphatic heterocycles. The summed E-state index contributed by atoms with van der Waals surface area (Å²) >= 11 is 0. The predicted molar refractivity (Wildman–Crippen MR) is 48.9 cm³/mol. The first-order chi connectivity index (χ1) is 6.65. The van der Waals surface area contributed by atoms with Gasteiger partial charge in [0.25, 0.3) is 0 Å². The fourth-order valence-electron chi connectivity index (χ4n) is 1.03. The zero-order valence-electron chi connectivity index (χ0n) is 8.16. The number of rotatable bonds is 5. The Balaban J connectivity index is 2.63. The largest absolute Gasteiger partial charge is 0.475 e. The van der Waals surface area contributed by atoms with Crippen molar-refractivity contribution in [2.75, 3.05) is 6.61 Å². The maximum absolute atomic E-state index is 10.6. The molecule has 0 saturated heterocycles. The maximum atomic E-state index is 10.6. The SMILES string of the molecule is CCONCc1cc(C(=O)O)oc1C. The molecule has 0 unspecified atom stereocenters. The molecule has 5 nitrogen and oxygen atoms in total. The zero-order valence-corrected chi connectivity index (χ0v) is 8.16. The topological polar surface area (TPSA) is 71.7 Å². The van der Waals surface area contributed by atoms with Crippen LogP contribution in [-0.2, 0) is 11.4 Å². The molecule has 0 saturated carbocycles. The molecule has 0 aliphatic carbocycles. The van der Waals surface area contributed by atoms with E-state index in [0.29, 0.717) is 18.9 Å². The van der Waals surface area contributed by atoms with Gasteiger partial charge in [0.15, 0.2) is 0 Å². The summed E-state index contributed by atoms with van der Waals surface area (Å²) in [5.41, 5.74) is 3.48. The molecule has 0 aromatic carbocycles. The van der Waals surface area contributed by atoms with E-state index >= 15 is 0 Å². The van der Waals surface area contributed by atoms with Gasteiger partial charge in [-0.2, -0.15) is 5.48 Å². The standard InChI is InChI=1S/C9H13NO4/c1-3-13-10-5-7-4-8(9(11)12)14-6(7)2/h4,10H,3,5H2,1-2H3,(H,11,12). The zero-order chi connectivity index (χ0) is 10.6. The summed E-state index contributed by atoms with van der Waals surface area (Å²) in [6.45, 7) is 4.58. The fraction of sp³-hybridized carbons (Fsp3) is 0.444. The van der Waals surface area contributed by atoms with Crippen LogP contribution in [0.3, 0.4) is 0 Å². The van der Waals surface area contributed by atoms with Crippen LogP contribution < -0.4 is 5.48 Å². The average Bonchev–Trinajstić information content (AvgIpc) is 2.49. The van der Waals surface area contributed by atoms with E-state index in [0.717, 1.165) is 5.56 Å². The van der Waals surface area contributed by atoms with Gasteiger partial charge in [-0.05, 0) is 19.9 Å². The Bertz CT molecular complexity index is 319. The van der Waals surface area contributed by atoms with E-state index in [2.05, 4.69) is 5.48 Å². The van der Waals surface area contributed by atoms with Gasteiger partial charge in [-0.1, -0.05) is 0 Å². The Kier molecular flexibility index (Phi) is 3.67. The Morgan fingerprint density at radius 1 is 1.71 bits per heavy atom. The van der Waals surface area contributed by atoms with Crippen molar-refractivity contribution in [1.82, 2.24) is 5.48 Å². The lowest BCUT2D eigenvalue weighted by molar-refractivity contribution is 0.0461. The third-order valence-electron chi connectivity index (χ3n) is 1.74. The molecule has 0 amide bonds. The first kappa shape index (κ1) is 10.7. The van der Waals surface area contributed by atoms with Crippen molar-refractivity contribution in [2.45, 2.75) is 20.4 Å². The van der Waals surface area contributed by atoms with Gasteiger partial charge in [0.1, 0.15) is 5.76 Å². The van der Waals surface area contributed by atoms with Crippen LogP contribution >= 0.6 is 0 Å². The monoisotopic (exact) mass is 199 g/mol. The Morgan fingerprint density at radius 3 is 2.93 bits per heavy atom. The van der Waals surface area contributed by atoms with E-state index < -0.39 is 5.97 Å². The average molecular weight is 199 g/mol. The number of hydroxylamine groups is 1.